The molecule has 210 valence electrons. The molecule has 0 saturated heterocycles. The Hall–Kier alpha value is -3.47. The monoisotopic (exact) mass is 549 g/mol. The summed E-state index contributed by atoms with van der Waals surface area (Å²) >= 11 is 0. The fourth-order valence-electron chi connectivity index (χ4n) is 3.91. The van der Waals surface area contributed by atoms with Crippen LogP contribution in [0.1, 0.15) is 39.2 Å². The summed E-state index contributed by atoms with van der Waals surface area (Å²) in [4.78, 5) is 28.5. The molecule has 1 N–H and O–H groups in total. The van der Waals surface area contributed by atoms with Crippen molar-refractivity contribution in [3.05, 3.63) is 48.0 Å². The van der Waals surface area contributed by atoms with Gasteiger partial charge in [-0.2, -0.15) is 0 Å². The van der Waals surface area contributed by atoms with Crippen LogP contribution in [0.2, 0.25) is 0 Å². The second kappa shape index (κ2) is 13.9. The molecule has 0 radical (unpaired) electrons. The number of nitrogens with one attached hydrogen (secondary N) is 1. The van der Waals surface area contributed by atoms with Gasteiger partial charge in [0.05, 0.1) is 33.3 Å². The maximum atomic E-state index is 13.9. The van der Waals surface area contributed by atoms with E-state index in [4.69, 9.17) is 14.2 Å². The average molecular weight is 550 g/mol. The fourth-order valence-corrected chi connectivity index (χ4v) is 4.76. The molecule has 38 heavy (non-hydrogen) atoms. The minimum Gasteiger partial charge on any atom is -0.497 e. The van der Waals surface area contributed by atoms with E-state index in [2.05, 4.69) is 5.32 Å². The van der Waals surface area contributed by atoms with Crippen LogP contribution in [0.4, 0.5) is 5.69 Å². The van der Waals surface area contributed by atoms with Gasteiger partial charge < -0.3 is 24.4 Å². The van der Waals surface area contributed by atoms with Crippen LogP contribution in [-0.2, 0) is 26.2 Å². The summed E-state index contributed by atoms with van der Waals surface area (Å²) < 4.78 is 42.8. The zero-order valence-corrected chi connectivity index (χ0v) is 24.0. The maximum absolute atomic E-state index is 13.9. The molecule has 0 aromatic heterocycles. The van der Waals surface area contributed by atoms with Crippen LogP contribution in [-0.4, -0.2) is 71.3 Å². The number of ether oxygens (including phenoxy) is 3. The van der Waals surface area contributed by atoms with Gasteiger partial charge in [0.1, 0.15) is 29.8 Å². The standard InChI is InChI=1S/C27H39N3O7S/c1-8-19(3)28-27(32)23(9-2)29(17-20-11-10-12-21(15-20)35-4)26(31)18-30(38(7,33)34)24-16-22(36-5)13-14-25(24)37-6/h10-16,19,23H,8-9,17-18H2,1-7H3,(H,28,32)/t19-,23-/m1/s1. The summed E-state index contributed by atoms with van der Waals surface area (Å²) in [5.74, 6) is 0.405. The van der Waals surface area contributed by atoms with E-state index in [0.717, 1.165) is 22.5 Å². The molecule has 0 bridgehead atoms. The number of methoxy groups -OCH3 is 3. The number of hydrogen-bond donors (Lipinski definition) is 1. The predicted molar refractivity (Wildman–Crippen MR) is 147 cm³/mol. The molecule has 0 unspecified atom stereocenters. The van der Waals surface area contributed by atoms with E-state index in [1.165, 1.54) is 25.2 Å². The first-order chi connectivity index (χ1) is 18.0. The Balaban J connectivity index is 2.54. The lowest BCUT2D eigenvalue weighted by Gasteiger charge is -2.33. The predicted octanol–water partition coefficient (Wildman–Crippen LogP) is 3.20. The second-order valence-corrected chi connectivity index (χ2v) is 10.8. The van der Waals surface area contributed by atoms with Gasteiger partial charge in [-0.05, 0) is 49.6 Å². The van der Waals surface area contributed by atoms with Gasteiger partial charge in [-0.25, -0.2) is 8.42 Å². The average Bonchev–Trinajstić information content (AvgIpc) is 2.90. The zero-order chi connectivity index (χ0) is 28.5. The van der Waals surface area contributed by atoms with Crippen LogP contribution < -0.4 is 23.8 Å². The smallest absolute Gasteiger partial charge is 0.244 e. The molecule has 2 amide bonds. The van der Waals surface area contributed by atoms with Gasteiger partial charge in [0.15, 0.2) is 0 Å². The van der Waals surface area contributed by atoms with Gasteiger partial charge in [-0.3, -0.25) is 13.9 Å². The third-order valence-corrected chi connectivity index (χ3v) is 7.33. The summed E-state index contributed by atoms with van der Waals surface area (Å²) in [6, 6.07) is 11.0. The van der Waals surface area contributed by atoms with Gasteiger partial charge >= 0.3 is 0 Å². The minimum atomic E-state index is -3.93. The molecule has 2 rings (SSSR count). The molecule has 2 atom stereocenters. The minimum absolute atomic E-state index is 0.0787. The summed E-state index contributed by atoms with van der Waals surface area (Å²) in [7, 11) is 0.479. The van der Waals surface area contributed by atoms with Crippen LogP contribution in [0.5, 0.6) is 17.2 Å². The number of hydrogen-bond acceptors (Lipinski definition) is 7. The normalized spacial score (nSPS) is 12.7. The lowest BCUT2D eigenvalue weighted by atomic mass is 10.1. The number of nitrogens with zero attached hydrogens (tertiary/aromatic N) is 2. The number of anilines is 1. The Kier molecular flexibility index (Phi) is 11.2. The number of carbonyl (C=O) groups excluding carboxylic acids is 2. The highest BCUT2D eigenvalue weighted by Crippen LogP contribution is 2.34. The van der Waals surface area contributed by atoms with Crippen molar-refractivity contribution >= 4 is 27.5 Å². The molecule has 2 aromatic carbocycles. The Labute approximate surface area is 225 Å². The van der Waals surface area contributed by atoms with E-state index in [0.29, 0.717) is 17.9 Å². The van der Waals surface area contributed by atoms with Crippen molar-refractivity contribution in [2.75, 3.05) is 38.4 Å². The molecule has 0 saturated carbocycles. The quantitative estimate of drug-likeness (QED) is 0.385. The van der Waals surface area contributed by atoms with Crippen molar-refractivity contribution in [3.8, 4) is 17.2 Å². The van der Waals surface area contributed by atoms with E-state index < -0.39 is 28.5 Å². The highest BCUT2D eigenvalue weighted by molar-refractivity contribution is 7.92. The zero-order valence-electron chi connectivity index (χ0n) is 23.2. The molecule has 0 heterocycles. The number of benzene rings is 2. The second-order valence-electron chi connectivity index (χ2n) is 8.92. The topological polar surface area (TPSA) is 114 Å². The van der Waals surface area contributed by atoms with Gasteiger partial charge in [0.25, 0.3) is 0 Å². The van der Waals surface area contributed by atoms with E-state index in [-0.39, 0.29) is 29.9 Å². The Morgan fingerprint density at radius 3 is 2.16 bits per heavy atom. The summed E-state index contributed by atoms with van der Waals surface area (Å²) in [6.07, 6.45) is 2.07. The molecular formula is C27H39N3O7S. The maximum Gasteiger partial charge on any atom is 0.244 e. The highest BCUT2D eigenvalue weighted by Gasteiger charge is 2.33. The first-order valence-corrected chi connectivity index (χ1v) is 14.3. The Morgan fingerprint density at radius 2 is 1.61 bits per heavy atom. The van der Waals surface area contributed by atoms with Gasteiger partial charge in [-0.1, -0.05) is 26.0 Å². The summed E-state index contributed by atoms with van der Waals surface area (Å²) in [6.45, 7) is 5.19. The molecule has 10 nitrogen and oxygen atoms in total. The summed E-state index contributed by atoms with van der Waals surface area (Å²) in [5.41, 5.74) is 0.887. The van der Waals surface area contributed by atoms with E-state index in [9.17, 15) is 18.0 Å². The van der Waals surface area contributed by atoms with Crippen LogP contribution in [0.3, 0.4) is 0 Å². The highest BCUT2D eigenvalue weighted by atomic mass is 32.2. The van der Waals surface area contributed by atoms with Crippen molar-refractivity contribution in [2.24, 2.45) is 0 Å². The van der Waals surface area contributed by atoms with Crippen LogP contribution in [0.25, 0.3) is 0 Å². The number of sulfonamides is 1. The summed E-state index contributed by atoms with van der Waals surface area (Å²) in [5, 5.41) is 2.95. The molecule has 0 aliphatic carbocycles. The van der Waals surface area contributed by atoms with Gasteiger partial charge in [0.2, 0.25) is 21.8 Å². The van der Waals surface area contributed by atoms with Crippen LogP contribution >= 0.6 is 0 Å². The third-order valence-electron chi connectivity index (χ3n) is 6.21. The fraction of sp³-hybridized carbons (Fsp3) is 0.481. The van der Waals surface area contributed by atoms with Crippen molar-refractivity contribution < 1.29 is 32.2 Å². The van der Waals surface area contributed by atoms with E-state index in [1.54, 1.807) is 37.4 Å². The SMILES string of the molecule is CC[C@@H](C)NC(=O)[C@@H](CC)N(Cc1cccc(OC)c1)C(=O)CN(c1cc(OC)ccc1OC)S(C)(=O)=O. The van der Waals surface area contributed by atoms with Crippen LogP contribution in [0, 0.1) is 0 Å². The molecule has 0 aliphatic rings. The molecule has 0 spiro atoms. The Bertz CT molecular complexity index is 1200. The molecule has 0 fully saturated rings. The molecule has 11 heteroatoms. The first-order valence-electron chi connectivity index (χ1n) is 12.4. The van der Waals surface area contributed by atoms with Crippen molar-refractivity contribution in [1.29, 1.82) is 0 Å². The molecular weight excluding hydrogens is 510 g/mol. The van der Waals surface area contributed by atoms with Crippen LogP contribution in [0.15, 0.2) is 42.5 Å². The lowest BCUT2D eigenvalue weighted by molar-refractivity contribution is -0.140. The number of amides is 2. The lowest BCUT2D eigenvalue weighted by Crippen LogP contribution is -2.53. The van der Waals surface area contributed by atoms with Crippen molar-refractivity contribution in [2.45, 2.75) is 52.2 Å². The largest absolute Gasteiger partial charge is 0.497 e. The third kappa shape index (κ3) is 8.01. The van der Waals surface area contributed by atoms with Gasteiger partial charge in [0, 0.05) is 18.7 Å². The van der Waals surface area contributed by atoms with Gasteiger partial charge in [-0.15, -0.1) is 0 Å². The number of carbonyl (C=O) groups is 2. The first kappa shape index (κ1) is 30.8. The van der Waals surface area contributed by atoms with E-state index in [1.807, 2.05) is 26.8 Å². The molecule has 0 aliphatic heterocycles. The Morgan fingerprint density at radius 1 is 0.947 bits per heavy atom. The molecule has 2 aromatic rings. The van der Waals surface area contributed by atoms with Crippen molar-refractivity contribution in [1.82, 2.24) is 10.2 Å². The number of rotatable bonds is 14. The van der Waals surface area contributed by atoms with E-state index >= 15 is 0 Å². The van der Waals surface area contributed by atoms with Crippen molar-refractivity contribution in [3.63, 3.8) is 0 Å².